The van der Waals surface area contributed by atoms with Gasteiger partial charge in [0.2, 0.25) is 11.8 Å². The van der Waals surface area contributed by atoms with Gasteiger partial charge in [0.1, 0.15) is 12.2 Å². The number of halogens is 1. The van der Waals surface area contributed by atoms with Gasteiger partial charge in [0, 0.05) is 24.8 Å². The van der Waals surface area contributed by atoms with Crippen molar-refractivity contribution in [3.63, 3.8) is 0 Å². The second-order valence-corrected chi connectivity index (χ2v) is 5.78. The molecule has 2 amide bonds. The summed E-state index contributed by atoms with van der Waals surface area (Å²) in [6.07, 6.45) is 0.737. The first-order chi connectivity index (χ1) is 11.5. The van der Waals surface area contributed by atoms with Crippen molar-refractivity contribution in [1.29, 1.82) is 0 Å². The van der Waals surface area contributed by atoms with E-state index in [-0.39, 0.29) is 31.7 Å². The van der Waals surface area contributed by atoms with Gasteiger partial charge in [-0.05, 0) is 0 Å². The van der Waals surface area contributed by atoms with Gasteiger partial charge in [-0.1, -0.05) is 30.3 Å². The van der Waals surface area contributed by atoms with Gasteiger partial charge in [0.25, 0.3) is 0 Å². The normalized spacial score (nSPS) is 20.3. The zero-order valence-corrected chi connectivity index (χ0v) is 13.0. The number of carbonyl (C=O) groups is 2. The number of hydrogen-bond donors (Lipinski definition) is 1. The number of benzene rings is 1. The van der Waals surface area contributed by atoms with Crippen molar-refractivity contribution in [2.24, 2.45) is 5.73 Å². The smallest absolute Gasteiger partial charge is 0.240 e. The zero-order chi connectivity index (χ0) is 17.1. The third-order valence-electron chi connectivity index (χ3n) is 4.06. The quantitative estimate of drug-likeness (QED) is 0.903. The van der Waals surface area contributed by atoms with Crippen molar-refractivity contribution in [2.75, 3.05) is 6.54 Å². The summed E-state index contributed by atoms with van der Waals surface area (Å²) in [7, 11) is 0. The minimum atomic E-state index is -1.21. The molecule has 0 radical (unpaired) electrons. The van der Waals surface area contributed by atoms with Crippen LogP contribution in [0.2, 0.25) is 0 Å². The highest BCUT2D eigenvalue weighted by atomic mass is 19.1. The van der Waals surface area contributed by atoms with Crippen LogP contribution in [0.25, 0.3) is 11.3 Å². The van der Waals surface area contributed by atoms with Crippen LogP contribution in [0.15, 0.2) is 40.9 Å². The Bertz CT molecular complexity index is 732. The van der Waals surface area contributed by atoms with Crippen LogP contribution < -0.4 is 5.73 Å². The van der Waals surface area contributed by atoms with Crippen molar-refractivity contribution >= 4 is 11.8 Å². The topological polar surface area (TPSA) is 89.4 Å². The molecule has 1 aliphatic heterocycles. The predicted octanol–water partition coefficient (Wildman–Crippen LogP) is 1.70. The van der Waals surface area contributed by atoms with Gasteiger partial charge in [-0.25, -0.2) is 9.37 Å². The highest BCUT2D eigenvalue weighted by Crippen LogP contribution is 2.23. The van der Waals surface area contributed by atoms with Crippen LogP contribution in [0, 0.1) is 0 Å². The molecule has 0 unspecified atom stereocenters. The van der Waals surface area contributed by atoms with Crippen LogP contribution in [0.4, 0.5) is 4.39 Å². The molecule has 2 N–H and O–H groups in total. The summed E-state index contributed by atoms with van der Waals surface area (Å²) in [5.74, 6) is 0.0521. The average molecular weight is 331 g/mol. The summed E-state index contributed by atoms with van der Waals surface area (Å²) in [6, 6.07) is 8.63. The molecule has 2 heterocycles. The molecule has 0 spiro atoms. The van der Waals surface area contributed by atoms with E-state index < -0.39 is 18.1 Å². The SMILES string of the molecule is NC(=O)[C@@H]1C[C@@H](F)CN1C(=O)CCc1ncc(-c2ccccc2)o1. The Kier molecular flexibility index (Phi) is 4.59. The lowest BCUT2D eigenvalue weighted by Crippen LogP contribution is -2.43. The van der Waals surface area contributed by atoms with Gasteiger partial charge in [-0.2, -0.15) is 0 Å². The number of oxazole rings is 1. The van der Waals surface area contributed by atoms with Crippen LogP contribution in [0.5, 0.6) is 0 Å². The van der Waals surface area contributed by atoms with Crippen LogP contribution in [-0.2, 0) is 16.0 Å². The van der Waals surface area contributed by atoms with Gasteiger partial charge < -0.3 is 15.1 Å². The van der Waals surface area contributed by atoms with E-state index in [1.54, 1.807) is 6.20 Å². The van der Waals surface area contributed by atoms with Crippen molar-refractivity contribution in [2.45, 2.75) is 31.5 Å². The summed E-state index contributed by atoms with van der Waals surface area (Å²) >= 11 is 0. The lowest BCUT2D eigenvalue weighted by Gasteiger charge is -2.21. The third-order valence-corrected chi connectivity index (χ3v) is 4.06. The Morgan fingerprint density at radius 1 is 1.33 bits per heavy atom. The number of likely N-dealkylation sites (tertiary alicyclic amines) is 1. The van der Waals surface area contributed by atoms with E-state index in [4.69, 9.17) is 10.2 Å². The third kappa shape index (κ3) is 3.45. The fraction of sp³-hybridized carbons (Fsp3) is 0.353. The molecule has 0 aliphatic carbocycles. The monoisotopic (exact) mass is 331 g/mol. The minimum absolute atomic E-state index is 0.0295. The van der Waals surface area contributed by atoms with Gasteiger partial charge in [0.05, 0.1) is 12.7 Å². The number of alkyl halides is 1. The molecule has 1 fully saturated rings. The summed E-state index contributed by atoms with van der Waals surface area (Å²) in [4.78, 5) is 28.9. The Balaban J connectivity index is 1.61. The molecule has 2 atom stereocenters. The minimum Gasteiger partial charge on any atom is -0.441 e. The first kappa shape index (κ1) is 16.2. The molecule has 0 saturated carbocycles. The van der Waals surface area contributed by atoms with Crippen LogP contribution >= 0.6 is 0 Å². The van der Waals surface area contributed by atoms with Gasteiger partial charge in [-0.3, -0.25) is 9.59 Å². The lowest BCUT2D eigenvalue weighted by molar-refractivity contribution is -0.137. The molecule has 6 nitrogen and oxygen atoms in total. The number of aromatic nitrogens is 1. The maximum atomic E-state index is 13.5. The molecule has 1 aromatic heterocycles. The molecule has 0 bridgehead atoms. The number of nitrogens with two attached hydrogens (primary N) is 1. The molecule has 1 aromatic carbocycles. The number of nitrogens with zero attached hydrogens (tertiary/aromatic N) is 2. The molecule has 24 heavy (non-hydrogen) atoms. The van der Waals surface area contributed by atoms with E-state index >= 15 is 0 Å². The summed E-state index contributed by atoms with van der Waals surface area (Å²) in [6.45, 7) is -0.0900. The summed E-state index contributed by atoms with van der Waals surface area (Å²) in [5.41, 5.74) is 6.13. The number of amides is 2. The largest absolute Gasteiger partial charge is 0.441 e. The van der Waals surface area contributed by atoms with E-state index in [1.165, 1.54) is 4.90 Å². The Labute approximate surface area is 138 Å². The standard InChI is InChI=1S/C17H18FN3O3/c18-12-8-13(17(19)23)21(10-12)16(22)7-6-15-20-9-14(24-15)11-4-2-1-3-5-11/h1-5,9,12-13H,6-8,10H2,(H2,19,23)/t12-,13+/m1/s1. The molecule has 1 saturated heterocycles. The molecule has 1 aliphatic rings. The van der Waals surface area contributed by atoms with E-state index in [0.29, 0.717) is 11.7 Å². The second kappa shape index (κ2) is 6.82. The van der Waals surface area contributed by atoms with Crippen molar-refractivity contribution in [1.82, 2.24) is 9.88 Å². The molecule has 126 valence electrons. The number of aryl methyl sites for hydroxylation is 1. The van der Waals surface area contributed by atoms with Crippen molar-refractivity contribution < 1.29 is 18.4 Å². The van der Waals surface area contributed by atoms with Gasteiger partial charge >= 0.3 is 0 Å². The highest BCUT2D eigenvalue weighted by molar-refractivity contribution is 5.87. The van der Waals surface area contributed by atoms with Crippen molar-refractivity contribution in [3.05, 3.63) is 42.4 Å². The summed E-state index contributed by atoms with van der Waals surface area (Å²) in [5, 5.41) is 0. The highest BCUT2D eigenvalue weighted by Gasteiger charge is 2.38. The van der Waals surface area contributed by atoms with E-state index in [1.807, 2.05) is 30.3 Å². The van der Waals surface area contributed by atoms with Gasteiger partial charge in [-0.15, -0.1) is 0 Å². The molecule has 7 heteroatoms. The van der Waals surface area contributed by atoms with Crippen LogP contribution in [-0.4, -0.2) is 40.5 Å². The summed E-state index contributed by atoms with van der Waals surface area (Å²) < 4.78 is 19.1. The van der Waals surface area contributed by atoms with E-state index in [2.05, 4.69) is 4.98 Å². The zero-order valence-electron chi connectivity index (χ0n) is 13.0. The lowest BCUT2D eigenvalue weighted by atomic mass is 10.2. The van der Waals surface area contributed by atoms with Crippen LogP contribution in [0.1, 0.15) is 18.7 Å². The Morgan fingerprint density at radius 2 is 2.08 bits per heavy atom. The molecule has 3 rings (SSSR count). The van der Waals surface area contributed by atoms with Crippen LogP contribution in [0.3, 0.4) is 0 Å². The number of rotatable bonds is 5. The fourth-order valence-corrected chi connectivity index (χ4v) is 2.85. The average Bonchev–Trinajstić information content (AvgIpc) is 3.20. The molecule has 2 aromatic rings. The second-order valence-electron chi connectivity index (χ2n) is 5.78. The van der Waals surface area contributed by atoms with E-state index in [9.17, 15) is 14.0 Å². The molecular weight excluding hydrogens is 313 g/mol. The van der Waals surface area contributed by atoms with Gasteiger partial charge in [0.15, 0.2) is 11.7 Å². The Hall–Kier alpha value is -2.70. The predicted molar refractivity (Wildman–Crippen MR) is 84.5 cm³/mol. The number of hydrogen-bond acceptors (Lipinski definition) is 4. The fourth-order valence-electron chi connectivity index (χ4n) is 2.85. The van der Waals surface area contributed by atoms with Crippen molar-refractivity contribution in [3.8, 4) is 11.3 Å². The first-order valence-electron chi connectivity index (χ1n) is 7.77. The first-order valence-corrected chi connectivity index (χ1v) is 7.77. The molecular formula is C17H18FN3O3. The van der Waals surface area contributed by atoms with E-state index in [0.717, 1.165) is 5.56 Å². The number of primary amides is 1. The Morgan fingerprint density at radius 3 is 2.79 bits per heavy atom. The maximum Gasteiger partial charge on any atom is 0.240 e. The maximum absolute atomic E-state index is 13.5. The number of carbonyl (C=O) groups excluding carboxylic acids is 2.